The lowest BCUT2D eigenvalue weighted by molar-refractivity contribution is -0.139. The van der Waals surface area contributed by atoms with E-state index in [-0.39, 0.29) is 25.2 Å². The number of aliphatic hydroxyl groups is 2. The van der Waals surface area contributed by atoms with E-state index >= 15 is 0 Å². The van der Waals surface area contributed by atoms with Crippen LogP contribution in [0.3, 0.4) is 0 Å². The highest BCUT2D eigenvalue weighted by atomic mass is 19.4. The minimum absolute atomic E-state index is 0.168. The lowest BCUT2D eigenvalue weighted by Crippen LogP contribution is -2.47. The van der Waals surface area contributed by atoms with E-state index in [4.69, 9.17) is 10.5 Å². The molecule has 28 heavy (non-hydrogen) atoms. The number of aryl methyl sites for hydroxylation is 1. The highest BCUT2D eigenvalue weighted by molar-refractivity contribution is 5.39. The molecule has 1 aliphatic rings. The largest absolute Gasteiger partial charge is 0.493 e. The molecule has 1 aromatic carbocycles. The fourth-order valence-corrected chi connectivity index (χ4v) is 3.33. The first kappa shape index (κ1) is 22.9. The van der Waals surface area contributed by atoms with Gasteiger partial charge in [-0.1, -0.05) is 12.5 Å². The predicted octanol–water partition coefficient (Wildman–Crippen LogP) is 2.57. The summed E-state index contributed by atoms with van der Waals surface area (Å²) in [5, 5.41) is 18.4. The molecule has 160 valence electrons. The molecule has 0 saturated carbocycles. The van der Waals surface area contributed by atoms with E-state index in [0.717, 1.165) is 25.7 Å². The summed E-state index contributed by atoms with van der Waals surface area (Å²) >= 11 is 0. The summed E-state index contributed by atoms with van der Waals surface area (Å²) in [5.74, 6) is -0.168. The SMILES string of the molecule is NC(CO)(CO)CCc1ccc(OCCCN2CCCCC2)c(C(F)(F)F)c1. The van der Waals surface area contributed by atoms with Gasteiger partial charge in [0.05, 0.1) is 30.9 Å². The molecule has 0 aliphatic carbocycles. The average molecular weight is 404 g/mol. The van der Waals surface area contributed by atoms with E-state index in [1.165, 1.54) is 25.3 Å². The Hall–Kier alpha value is -1.35. The zero-order valence-electron chi connectivity index (χ0n) is 16.2. The van der Waals surface area contributed by atoms with Gasteiger partial charge in [0, 0.05) is 6.54 Å². The van der Waals surface area contributed by atoms with Crippen LogP contribution in [0.15, 0.2) is 18.2 Å². The number of alkyl halides is 3. The van der Waals surface area contributed by atoms with Gasteiger partial charge in [-0.25, -0.2) is 0 Å². The van der Waals surface area contributed by atoms with Gasteiger partial charge in [0.25, 0.3) is 0 Å². The van der Waals surface area contributed by atoms with Crippen molar-refractivity contribution in [2.24, 2.45) is 5.73 Å². The maximum absolute atomic E-state index is 13.4. The van der Waals surface area contributed by atoms with Gasteiger partial charge in [0.15, 0.2) is 0 Å². The molecule has 0 amide bonds. The summed E-state index contributed by atoms with van der Waals surface area (Å²) in [5.41, 5.74) is 4.21. The van der Waals surface area contributed by atoms with E-state index in [1.807, 2.05) is 0 Å². The van der Waals surface area contributed by atoms with Gasteiger partial charge in [-0.2, -0.15) is 13.2 Å². The molecule has 0 aromatic heterocycles. The van der Waals surface area contributed by atoms with Crippen LogP contribution < -0.4 is 10.5 Å². The summed E-state index contributed by atoms with van der Waals surface area (Å²) in [6.45, 7) is 2.29. The third-order valence-electron chi connectivity index (χ3n) is 5.22. The normalized spacial score (nSPS) is 16.4. The van der Waals surface area contributed by atoms with Crippen molar-refractivity contribution in [3.63, 3.8) is 0 Å². The van der Waals surface area contributed by atoms with E-state index < -0.39 is 30.5 Å². The minimum atomic E-state index is -4.52. The maximum Gasteiger partial charge on any atom is 0.419 e. The Labute approximate surface area is 164 Å². The van der Waals surface area contributed by atoms with Crippen molar-refractivity contribution in [2.75, 3.05) is 39.5 Å². The molecule has 1 aliphatic heterocycles. The molecule has 0 atom stereocenters. The van der Waals surface area contributed by atoms with E-state index in [0.29, 0.717) is 12.0 Å². The van der Waals surface area contributed by atoms with E-state index in [9.17, 15) is 23.4 Å². The van der Waals surface area contributed by atoms with Gasteiger partial charge >= 0.3 is 6.18 Å². The second-order valence-electron chi connectivity index (χ2n) is 7.61. The topological polar surface area (TPSA) is 79.0 Å². The van der Waals surface area contributed by atoms with Crippen LogP contribution in [0.2, 0.25) is 0 Å². The summed E-state index contributed by atoms with van der Waals surface area (Å²) in [7, 11) is 0. The van der Waals surface area contributed by atoms with Crippen LogP contribution in [0.25, 0.3) is 0 Å². The smallest absolute Gasteiger partial charge is 0.419 e. The molecule has 1 saturated heterocycles. The van der Waals surface area contributed by atoms with Gasteiger partial charge in [-0.3, -0.25) is 0 Å². The molecule has 1 aromatic rings. The highest BCUT2D eigenvalue weighted by Gasteiger charge is 2.35. The molecule has 0 radical (unpaired) electrons. The monoisotopic (exact) mass is 404 g/mol. The number of nitrogens with zero attached hydrogens (tertiary/aromatic N) is 1. The van der Waals surface area contributed by atoms with Crippen molar-refractivity contribution in [1.82, 2.24) is 4.90 Å². The minimum Gasteiger partial charge on any atom is -0.493 e. The number of hydrogen-bond donors (Lipinski definition) is 3. The standard InChI is InChI=1S/C20H31F3N2O3/c21-20(22,23)17-13-16(7-8-19(24,14-26)15-27)5-6-18(17)28-12-4-11-25-9-2-1-3-10-25/h5-6,13,26-27H,1-4,7-12,14-15,24H2. The van der Waals surface area contributed by atoms with Gasteiger partial charge in [0.1, 0.15) is 5.75 Å². The Morgan fingerprint density at radius 2 is 1.75 bits per heavy atom. The maximum atomic E-state index is 13.4. The zero-order chi connectivity index (χ0) is 20.6. The van der Waals surface area contributed by atoms with Gasteiger partial charge < -0.3 is 25.6 Å². The average Bonchev–Trinajstić information content (AvgIpc) is 2.70. The Morgan fingerprint density at radius 1 is 1.07 bits per heavy atom. The number of halogens is 3. The molecule has 0 unspecified atom stereocenters. The first-order valence-corrected chi connectivity index (χ1v) is 9.83. The van der Waals surface area contributed by atoms with Gasteiger partial charge in [-0.15, -0.1) is 0 Å². The third kappa shape index (κ3) is 6.92. The van der Waals surface area contributed by atoms with Crippen molar-refractivity contribution in [1.29, 1.82) is 0 Å². The fraction of sp³-hybridized carbons (Fsp3) is 0.700. The fourth-order valence-electron chi connectivity index (χ4n) is 3.33. The van der Waals surface area contributed by atoms with Crippen LogP contribution in [-0.4, -0.2) is 60.1 Å². The Balaban J connectivity index is 1.95. The number of rotatable bonds is 10. The number of hydrogen-bond acceptors (Lipinski definition) is 5. The summed E-state index contributed by atoms with van der Waals surface area (Å²) in [6.07, 6.45) is 0.154. The lowest BCUT2D eigenvalue weighted by atomic mass is 9.93. The van der Waals surface area contributed by atoms with Crippen molar-refractivity contribution in [3.05, 3.63) is 29.3 Å². The second kappa shape index (κ2) is 10.4. The number of nitrogens with two attached hydrogens (primary N) is 1. The lowest BCUT2D eigenvalue weighted by Gasteiger charge is -2.26. The number of benzene rings is 1. The Kier molecular flexibility index (Phi) is 8.55. The van der Waals surface area contributed by atoms with E-state index in [1.54, 1.807) is 6.07 Å². The molecule has 0 bridgehead atoms. The molecule has 1 heterocycles. The molecule has 2 rings (SSSR count). The van der Waals surface area contributed by atoms with Gasteiger partial charge in [0.2, 0.25) is 0 Å². The third-order valence-corrected chi connectivity index (χ3v) is 5.22. The van der Waals surface area contributed by atoms with Crippen LogP contribution in [0.1, 0.15) is 43.2 Å². The van der Waals surface area contributed by atoms with Gasteiger partial charge in [-0.05, 0) is 62.9 Å². The highest BCUT2D eigenvalue weighted by Crippen LogP contribution is 2.37. The Morgan fingerprint density at radius 3 is 2.36 bits per heavy atom. The quantitative estimate of drug-likeness (QED) is 0.523. The molecule has 5 nitrogen and oxygen atoms in total. The van der Waals surface area contributed by atoms with Crippen LogP contribution in [-0.2, 0) is 12.6 Å². The van der Waals surface area contributed by atoms with Crippen LogP contribution in [0.4, 0.5) is 13.2 Å². The van der Waals surface area contributed by atoms with Crippen molar-refractivity contribution < 1.29 is 28.1 Å². The summed E-state index contributed by atoms with van der Waals surface area (Å²) in [4.78, 5) is 2.32. The summed E-state index contributed by atoms with van der Waals surface area (Å²) < 4.78 is 45.8. The predicted molar refractivity (Wildman–Crippen MR) is 101 cm³/mol. The summed E-state index contributed by atoms with van der Waals surface area (Å²) in [6, 6.07) is 3.98. The first-order valence-electron chi connectivity index (χ1n) is 9.83. The van der Waals surface area contributed by atoms with Crippen LogP contribution in [0.5, 0.6) is 5.75 Å². The van der Waals surface area contributed by atoms with Crippen LogP contribution >= 0.6 is 0 Å². The number of aliphatic hydroxyl groups excluding tert-OH is 2. The second-order valence-corrected chi connectivity index (χ2v) is 7.61. The van der Waals surface area contributed by atoms with Crippen molar-refractivity contribution in [3.8, 4) is 5.75 Å². The van der Waals surface area contributed by atoms with Crippen molar-refractivity contribution in [2.45, 2.75) is 50.2 Å². The van der Waals surface area contributed by atoms with E-state index in [2.05, 4.69) is 4.90 Å². The number of likely N-dealkylation sites (tertiary alicyclic amines) is 1. The zero-order valence-corrected chi connectivity index (χ0v) is 16.2. The molecule has 4 N–H and O–H groups in total. The number of ether oxygens (including phenoxy) is 1. The molecular formula is C20H31F3N2O3. The van der Waals surface area contributed by atoms with Crippen molar-refractivity contribution >= 4 is 0 Å². The first-order chi connectivity index (χ1) is 13.3. The molecular weight excluding hydrogens is 373 g/mol. The molecule has 0 spiro atoms. The number of piperidine rings is 1. The van der Waals surface area contributed by atoms with Crippen LogP contribution in [0, 0.1) is 0 Å². The molecule has 1 fully saturated rings. The Bertz CT molecular complexity index is 601. The molecule has 8 heteroatoms.